The Labute approximate surface area is 174 Å². The summed E-state index contributed by atoms with van der Waals surface area (Å²) in [5.41, 5.74) is 1.29. The number of nitrogens with one attached hydrogen (secondary N) is 1. The molecule has 2 aliphatic rings. The first-order valence-electron chi connectivity index (χ1n) is 8.39. The van der Waals surface area contributed by atoms with Gasteiger partial charge in [0.1, 0.15) is 5.70 Å². The zero-order valence-electron chi connectivity index (χ0n) is 15.4. The van der Waals surface area contributed by atoms with E-state index in [2.05, 4.69) is 26.3 Å². The second kappa shape index (κ2) is 7.48. The normalized spacial score (nSPS) is 17.8. The lowest BCUT2D eigenvalue weighted by Crippen LogP contribution is -2.50. The fraction of sp³-hybridized carbons (Fsp3) is 0.211. The molecule has 0 unspecified atom stereocenters. The molecule has 2 aromatic carbocycles. The summed E-state index contributed by atoms with van der Waals surface area (Å²) in [5.74, 6) is 0.959. The number of hydrogen-bond donors (Lipinski definition) is 1. The minimum atomic E-state index is -0.519. The molecule has 7 nitrogen and oxygen atoms in total. The average Bonchev–Trinajstić information content (AvgIpc) is 2.71. The van der Waals surface area contributed by atoms with Gasteiger partial charge >= 0.3 is 0 Å². The molecule has 2 aliphatic heterocycles. The molecule has 0 bridgehead atoms. The number of amidine groups is 1. The van der Waals surface area contributed by atoms with Gasteiger partial charge in [-0.25, -0.2) is 5.01 Å². The number of hydrogen-bond acceptors (Lipinski definition) is 7. The summed E-state index contributed by atoms with van der Waals surface area (Å²) in [6.07, 6.45) is 1.34. The zero-order valence-corrected chi connectivity index (χ0v) is 17.8. The monoisotopic (exact) mass is 460 g/mol. The average molecular weight is 461 g/mol. The van der Waals surface area contributed by atoms with Crippen LogP contribution in [0.15, 0.2) is 51.0 Å². The van der Waals surface area contributed by atoms with E-state index in [1.807, 2.05) is 42.7 Å². The Morgan fingerprint density at radius 2 is 2.00 bits per heavy atom. The van der Waals surface area contributed by atoms with E-state index in [1.165, 1.54) is 11.8 Å². The molecule has 28 heavy (non-hydrogen) atoms. The van der Waals surface area contributed by atoms with Crippen LogP contribution in [0.25, 0.3) is 5.70 Å². The number of amides is 1. The van der Waals surface area contributed by atoms with Crippen molar-refractivity contribution in [2.45, 2.75) is 6.17 Å². The van der Waals surface area contributed by atoms with E-state index in [4.69, 9.17) is 14.5 Å². The van der Waals surface area contributed by atoms with Gasteiger partial charge in [-0.3, -0.25) is 15.1 Å². The van der Waals surface area contributed by atoms with Crippen LogP contribution in [-0.4, -0.2) is 36.6 Å². The van der Waals surface area contributed by atoms with Crippen LogP contribution in [0.1, 0.15) is 11.7 Å². The molecule has 0 radical (unpaired) electrons. The number of halogens is 1. The summed E-state index contributed by atoms with van der Waals surface area (Å²) >= 11 is 4.90. The van der Waals surface area contributed by atoms with Gasteiger partial charge in [-0.1, -0.05) is 30.0 Å². The highest BCUT2D eigenvalue weighted by Gasteiger charge is 2.34. The molecule has 1 amide bonds. The van der Waals surface area contributed by atoms with Gasteiger partial charge in [-0.2, -0.15) is 0 Å². The number of benzene rings is 2. The van der Waals surface area contributed by atoms with E-state index >= 15 is 0 Å². The van der Waals surface area contributed by atoms with Crippen molar-refractivity contribution in [2.75, 3.05) is 20.5 Å². The van der Waals surface area contributed by atoms with Crippen molar-refractivity contribution in [1.29, 1.82) is 0 Å². The first-order valence-corrected chi connectivity index (χ1v) is 10.4. The van der Waals surface area contributed by atoms with Gasteiger partial charge in [0, 0.05) is 10.8 Å². The van der Waals surface area contributed by atoms with Crippen LogP contribution in [0.3, 0.4) is 0 Å². The van der Waals surface area contributed by atoms with Crippen molar-refractivity contribution in [3.05, 3.63) is 57.0 Å². The minimum Gasteiger partial charge on any atom is -0.493 e. The number of nitrogens with zero attached hydrogens (tertiary/aromatic N) is 3. The molecule has 0 saturated carbocycles. The quantitative estimate of drug-likeness (QED) is 0.757. The molecule has 1 atom stereocenters. The molecule has 2 heterocycles. The van der Waals surface area contributed by atoms with E-state index in [0.29, 0.717) is 22.4 Å². The first-order chi connectivity index (χ1) is 13.6. The van der Waals surface area contributed by atoms with Crippen molar-refractivity contribution in [2.24, 2.45) is 10.1 Å². The standard InChI is InChI=1S/C19H17BrN4O3S/c1-26-14-9-10(8-12(20)16(14)27-2)17-21-13-7-5-4-6-11(13)15-18(25)22-19(28-3)23-24(15)17/h4-9,17H,1-3H3,(H,22,23,25)/t17-/m0/s1. The second-order valence-electron chi connectivity index (χ2n) is 6.01. The predicted octanol–water partition coefficient (Wildman–Crippen LogP) is 1.97. The van der Waals surface area contributed by atoms with Crippen LogP contribution < -0.4 is 25.4 Å². The largest absolute Gasteiger partial charge is 0.493 e. The first kappa shape index (κ1) is 18.8. The maximum absolute atomic E-state index is 12.8. The third-order valence-corrected chi connectivity index (χ3v) is 5.62. The highest BCUT2D eigenvalue weighted by Crippen LogP contribution is 2.40. The highest BCUT2D eigenvalue weighted by molar-refractivity contribution is 9.10. The second-order valence-corrected chi connectivity index (χ2v) is 7.66. The Balaban J connectivity index is 1.97. The molecule has 0 aromatic heterocycles. The lowest BCUT2D eigenvalue weighted by Gasteiger charge is -2.34. The molecule has 0 spiro atoms. The van der Waals surface area contributed by atoms with Crippen molar-refractivity contribution in [3.8, 4) is 11.5 Å². The van der Waals surface area contributed by atoms with Crippen LogP contribution >= 0.6 is 27.7 Å². The maximum Gasteiger partial charge on any atom is 0.276 e. The maximum atomic E-state index is 12.8. The van der Waals surface area contributed by atoms with Crippen molar-refractivity contribution in [1.82, 2.24) is 10.3 Å². The molecule has 9 heteroatoms. The van der Waals surface area contributed by atoms with Crippen LogP contribution in [-0.2, 0) is 4.79 Å². The summed E-state index contributed by atoms with van der Waals surface area (Å²) in [5, 5.41) is 11.1. The topological polar surface area (TPSA) is 75.5 Å². The fourth-order valence-corrected chi connectivity index (χ4v) is 4.21. The number of para-hydroxylation sites is 1. The summed E-state index contributed by atoms with van der Waals surface area (Å²) in [7, 11) is 3.16. The van der Waals surface area contributed by atoms with E-state index in [9.17, 15) is 4.79 Å². The number of thioether (sulfide) groups is 1. The highest BCUT2D eigenvalue weighted by atomic mass is 79.9. The predicted molar refractivity (Wildman–Crippen MR) is 112 cm³/mol. The third kappa shape index (κ3) is 3.04. The van der Waals surface area contributed by atoms with Crippen LogP contribution in [0, 0.1) is 0 Å². The van der Waals surface area contributed by atoms with Gasteiger partial charge in [0.2, 0.25) is 0 Å². The fourth-order valence-electron chi connectivity index (χ4n) is 3.22. The summed E-state index contributed by atoms with van der Waals surface area (Å²) < 4.78 is 11.6. The Morgan fingerprint density at radius 3 is 2.71 bits per heavy atom. The molecule has 1 N–H and O–H groups in total. The lowest BCUT2D eigenvalue weighted by atomic mass is 10.1. The number of ether oxygens (including phenoxy) is 2. The van der Waals surface area contributed by atoms with E-state index in [0.717, 1.165) is 20.6 Å². The van der Waals surface area contributed by atoms with Gasteiger partial charge in [0.15, 0.2) is 22.8 Å². The summed E-state index contributed by atoms with van der Waals surface area (Å²) in [4.78, 5) is 17.7. The number of fused-ring (bicyclic) bond motifs is 2. The lowest BCUT2D eigenvalue weighted by molar-refractivity contribution is -0.116. The summed E-state index contributed by atoms with van der Waals surface area (Å²) in [6.45, 7) is 0. The molecule has 0 aliphatic carbocycles. The number of rotatable bonds is 3. The van der Waals surface area contributed by atoms with Gasteiger partial charge in [-0.05, 0) is 40.4 Å². The van der Waals surface area contributed by atoms with Gasteiger partial charge in [0.25, 0.3) is 5.91 Å². The van der Waals surface area contributed by atoms with Gasteiger partial charge < -0.3 is 9.47 Å². The SMILES string of the molecule is COc1cc([C@H]2N=c3ccccc3=C3C(=O)NC(SC)=NN32)cc(Br)c1OC. The smallest absolute Gasteiger partial charge is 0.276 e. The van der Waals surface area contributed by atoms with E-state index < -0.39 is 6.17 Å². The number of carbonyl (C=O) groups is 1. The molecular weight excluding hydrogens is 444 g/mol. The summed E-state index contributed by atoms with van der Waals surface area (Å²) in [6, 6.07) is 11.3. The molecule has 0 saturated heterocycles. The molecule has 0 fully saturated rings. The zero-order chi connectivity index (χ0) is 19.8. The number of hydrazone groups is 1. The van der Waals surface area contributed by atoms with Gasteiger partial charge in [-0.15, -0.1) is 5.10 Å². The minimum absolute atomic E-state index is 0.203. The Hall–Kier alpha value is -2.52. The number of methoxy groups -OCH3 is 2. The van der Waals surface area contributed by atoms with E-state index in [-0.39, 0.29) is 5.91 Å². The van der Waals surface area contributed by atoms with E-state index in [1.54, 1.807) is 19.2 Å². The van der Waals surface area contributed by atoms with Crippen LogP contribution in [0.2, 0.25) is 0 Å². The van der Waals surface area contributed by atoms with Crippen LogP contribution in [0.4, 0.5) is 0 Å². The Morgan fingerprint density at radius 1 is 1.21 bits per heavy atom. The van der Waals surface area contributed by atoms with Crippen LogP contribution in [0.5, 0.6) is 11.5 Å². The Bertz CT molecular complexity index is 1120. The molecule has 2 aromatic rings. The van der Waals surface area contributed by atoms with Crippen molar-refractivity contribution in [3.63, 3.8) is 0 Å². The third-order valence-electron chi connectivity index (χ3n) is 4.46. The van der Waals surface area contributed by atoms with Crippen molar-refractivity contribution >= 4 is 44.5 Å². The number of carbonyl (C=O) groups excluding carboxylic acids is 1. The van der Waals surface area contributed by atoms with Gasteiger partial charge in [0.05, 0.1) is 24.0 Å². The van der Waals surface area contributed by atoms with Crippen molar-refractivity contribution < 1.29 is 14.3 Å². The molecule has 4 rings (SSSR count). The molecular formula is C19H17BrN4O3S. The Kier molecular flexibility index (Phi) is 5.03. The molecule has 144 valence electrons.